The third-order valence-corrected chi connectivity index (χ3v) is 5.31. The summed E-state index contributed by atoms with van der Waals surface area (Å²) in [6.45, 7) is 2.09. The van der Waals surface area contributed by atoms with Gasteiger partial charge in [0, 0.05) is 13.7 Å². The van der Waals surface area contributed by atoms with E-state index in [0.717, 1.165) is 45.1 Å². The Labute approximate surface area is 162 Å². The smallest absolute Gasteiger partial charge is 0.169 e. The average molecular weight is 382 g/mol. The highest BCUT2D eigenvalue weighted by molar-refractivity contribution is 7.98. The van der Waals surface area contributed by atoms with Crippen molar-refractivity contribution < 1.29 is 9.47 Å². The van der Waals surface area contributed by atoms with E-state index in [1.54, 1.807) is 26.0 Å². The molecular weight excluding hydrogens is 360 g/mol. The van der Waals surface area contributed by atoms with Crippen LogP contribution in [-0.4, -0.2) is 46.2 Å². The van der Waals surface area contributed by atoms with E-state index in [2.05, 4.69) is 38.6 Å². The predicted molar refractivity (Wildman–Crippen MR) is 109 cm³/mol. The zero-order chi connectivity index (χ0) is 18.8. The number of hydrogen-bond donors (Lipinski definition) is 0. The van der Waals surface area contributed by atoms with E-state index in [9.17, 15) is 0 Å². The van der Waals surface area contributed by atoms with Crippen molar-refractivity contribution in [3.05, 3.63) is 48.3 Å². The van der Waals surface area contributed by atoms with Gasteiger partial charge in [0.2, 0.25) is 0 Å². The Balaban J connectivity index is 1.77. The van der Waals surface area contributed by atoms with Gasteiger partial charge >= 0.3 is 0 Å². The number of para-hydroxylation sites is 2. The molecule has 0 radical (unpaired) electrons. The van der Waals surface area contributed by atoms with Crippen LogP contribution in [0.25, 0.3) is 22.1 Å². The second-order valence-electron chi connectivity index (χ2n) is 6.27. The molecule has 2 heterocycles. The van der Waals surface area contributed by atoms with Gasteiger partial charge in [0.15, 0.2) is 5.16 Å². The van der Waals surface area contributed by atoms with Crippen molar-refractivity contribution in [2.24, 2.45) is 0 Å². The zero-order valence-electron chi connectivity index (χ0n) is 15.7. The van der Waals surface area contributed by atoms with E-state index in [1.165, 1.54) is 0 Å². The fourth-order valence-electron chi connectivity index (χ4n) is 3.38. The van der Waals surface area contributed by atoms with Gasteiger partial charge in [0.1, 0.15) is 11.3 Å². The first-order valence-corrected chi connectivity index (χ1v) is 9.97. The van der Waals surface area contributed by atoms with Crippen molar-refractivity contribution in [3.8, 4) is 5.75 Å². The molecule has 0 unspecified atom stereocenters. The molecule has 0 fully saturated rings. The SMILES string of the molecule is COCCn1cnc2cc(Cn3c(SC)nc4ccccc43)cc(OC)c21. The highest BCUT2D eigenvalue weighted by Crippen LogP contribution is 2.29. The van der Waals surface area contributed by atoms with Gasteiger partial charge in [-0.05, 0) is 36.1 Å². The first kappa shape index (κ1) is 17.9. The van der Waals surface area contributed by atoms with Gasteiger partial charge in [-0.25, -0.2) is 9.97 Å². The number of hydrogen-bond acceptors (Lipinski definition) is 5. The van der Waals surface area contributed by atoms with Crippen LogP contribution in [0.5, 0.6) is 5.75 Å². The molecular formula is C20H22N4O2S. The van der Waals surface area contributed by atoms with Crippen LogP contribution in [-0.2, 0) is 17.8 Å². The van der Waals surface area contributed by atoms with E-state index < -0.39 is 0 Å². The van der Waals surface area contributed by atoms with Crippen molar-refractivity contribution in [2.45, 2.75) is 18.2 Å². The van der Waals surface area contributed by atoms with Gasteiger partial charge in [0.25, 0.3) is 0 Å². The van der Waals surface area contributed by atoms with Crippen molar-refractivity contribution in [3.63, 3.8) is 0 Å². The maximum absolute atomic E-state index is 5.68. The van der Waals surface area contributed by atoms with Crippen LogP contribution in [0.1, 0.15) is 5.56 Å². The monoisotopic (exact) mass is 382 g/mol. The van der Waals surface area contributed by atoms with Gasteiger partial charge in [-0.2, -0.15) is 0 Å². The number of imidazole rings is 2. The fraction of sp³-hybridized carbons (Fsp3) is 0.300. The lowest BCUT2D eigenvalue weighted by Gasteiger charge is -2.12. The summed E-state index contributed by atoms with van der Waals surface area (Å²) in [5, 5.41) is 1.00. The van der Waals surface area contributed by atoms with Gasteiger partial charge < -0.3 is 18.6 Å². The topological polar surface area (TPSA) is 54.1 Å². The molecule has 4 rings (SSSR count). The molecule has 0 N–H and O–H groups in total. The molecule has 2 aromatic heterocycles. The van der Waals surface area contributed by atoms with Crippen LogP contribution in [0.15, 0.2) is 47.9 Å². The number of benzene rings is 2. The Bertz CT molecular complexity index is 1090. The zero-order valence-corrected chi connectivity index (χ0v) is 16.5. The predicted octanol–water partition coefficient (Wildman–Crippen LogP) is 3.81. The number of methoxy groups -OCH3 is 2. The molecule has 7 heteroatoms. The summed E-state index contributed by atoms with van der Waals surface area (Å²) in [6.07, 6.45) is 3.90. The summed E-state index contributed by atoms with van der Waals surface area (Å²) >= 11 is 1.65. The molecule has 0 amide bonds. The Morgan fingerprint density at radius 3 is 2.74 bits per heavy atom. The van der Waals surface area contributed by atoms with Crippen molar-refractivity contribution in [2.75, 3.05) is 27.1 Å². The molecule has 140 valence electrons. The first-order chi connectivity index (χ1) is 13.2. The number of nitrogens with zero attached hydrogens (tertiary/aromatic N) is 4. The van der Waals surface area contributed by atoms with Crippen LogP contribution in [0, 0.1) is 0 Å². The molecule has 2 aromatic carbocycles. The summed E-state index contributed by atoms with van der Waals surface area (Å²) in [7, 11) is 3.40. The minimum absolute atomic E-state index is 0.633. The second-order valence-corrected chi connectivity index (χ2v) is 7.04. The van der Waals surface area contributed by atoms with Crippen LogP contribution < -0.4 is 4.74 Å². The van der Waals surface area contributed by atoms with Gasteiger partial charge in [-0.3, -0.25) is 0 Å². The Morgan fingerprint density at radius 2 is 1.96 bits per heavy atom. The number of ether oxygens (including phenoxy) is 2. The van der Waals surface area contributed by atoms with E-state index in [0.29, 0.717) is 13.2 Å². The third-order valence-electron chi connectivity index (χ3n) is 4.64. The molecule has 27 heavy (non-hydrogen) atoms. The number of rotatable bonds is 7. The summed E-state index contributed by atoms with van der Waals surface area (Å²) in [4.78, 5) is 9.30. The van der Waals surface area contributed by atoms with Crippen LogP contribution in [0.2, 0.25) is 0 Å². The normalized spacial score (nSPS) is 11.5. The summed E-state index contributed by atoms with van der Waals surface area (Å²) in [6, 6.07) is 12.4. The number of aromatic nitrogens is 4. The summed E-state index contributed by atoms with van der Waals surface area (Å²) < 4.78 is 15.2. The van der Waals surface area contributed by atoms with Crippen LogP contribution in [0.3, 0.4) is 0 Å². The van der Waals surface area contributed by atoms with Gasteiger partial charge in [-0.15, -0.1) is 0 Å². The molecule has 0 aliphatic carbocycles. The first-order valence-electron chi connectivity index (χ1n) is 8.75. The minimum Gasteiger partial charge on any atom is -0.494 e. The number of thioether (sulfide) groups is 1. The largest absolute Gasteiger partial charge is 0.494 e. The molecule has 0 saturated carbocycles. The van der Waals surface area contributed by atoms with E-state index in [-0.39, 0.29) is 0 Å². The molecule has 6 nitrogen and oxygen atoms in total. The summed E-state index contributed by atoms with van der Waals surface area (Å²) in [5.74, 6) is 0.825. The van der Waals surface area contributed by atoms with Gasteiger partial charge in [-0.1, -0.05) is 23.9 Å². The molecule has 0 bridgehead atoms. The average Bonchev–Trinajstić information content (AvgIpc) is 3.27. The lowest BCUT2D eigenvalue weighted by atomic mass is 10.1. The Kier molecular flexibility index (Phi) is 5.05. The highest BCUT2D eigenvalue weighted by Gasteiger charge is 2.14. The molecule has 0 aliphatic rings. The molecule has 0 saturated heterocycles. The van der Waals surface area contributed by atoms with Gasteiger partial charge in [0.05, 0.1) is 43.1 Å². The van der Waals surface area contributed by atoms with Crippen molar-refractivity contribution in [1.29, 1.82) is 0 Å². The lowest BCUT2D eigenvalue weighted by molar-refractivity contribution is 0.188. The van der Waals surface area contributed by atoms with E-state index in [1.807, 2.05) is 24.5 Å². The van der Waals surface area contributed by atoms with Crippen molar-refractivity contribution in [1.82, 2.24) is 19.1 Å². The highest BCUT2D eigenvalue weighted by atomic mass is 32.2. The molecule has 0 atom stereocenters. The van der Waals surface area contributed by atoms with Crippen molar-refractivity contribution >= 4 is 33.8 Å². The minimum atomic E-state index is 0.633. The molecule has 0 spiro atoms. The van der Waals surface area contributed by atoms with E-state index >= 15 is 0 Å². The number of fused-ring (bicyclic) bond motifs is 2. The van der Waals surface area contributed by atoms with E-state index in [4.69, 9.17) is 14.5 Å². The van der Waals surface area contributed by atoms with Crippen LogP contribution in [0.4, 0.5) is 0 Å². The fourth-order valence-corrected chi connectivity index (χ4v) is 3.95. The second kappa shape index (κ2) is 7.62. The molecule has 0 aliphatic heterocycles. The Morgan fingerprint density at radius 1 is 1.11 bits per heavy atom. The standard InChI is InChI=1S/C20H22N4O2S/c1-25-9-8-23-13-21-16-10-14(11-18(26-2)19(16)23)12-24-17-7-5-4-6-15(17)22-20(24)27-3/h4-7,10-11,13H,8-9,12H2,1-3H3. The Hall–Kier alpha value is -2.51. The maximum Gasteiger partial charge on any atom is 0.169 e. The quantitative estimate of drug-likeness (QED) is 0.455. The van der Waals surface area contributed by atoms with Crippen LogP contribution >= 0.6 is 11.8 Å². The summed E-state index contributed by atoms with van der Waals surface area (Å²) in [5.41, 5.74) is 5.20. The lowest BCUT2D eigenvalue weighted by Crippen LogP contribution is -2.05. The molecule has 4 aromatic rings. The third kappa shape index (κ3) is 3.28. The maximum atomic E-state index is 5.68.